The maximum absolute atomic E-state index is 11.4. The number of hydrogen-bond acceptors (Lipinski definition) is 4. The van der Waals surface area contributed by atoms with E-state index in [4.69, 9.17) is 4.74 Å². The summed E-state index contributed by atoms with van der Waals surface area (Å²) in [5, 5.41) is 6.75. The molecule has 0 radical (unpaired) electrons. The van der Waals surface area contributed by atoms with Gasteiger partial charge in [0.1, 0.15) is 17.0 Å². The molecule has 20 heavy (non-hydrogen) atoms. The van der Waals surface area contributed by atoms with Crippen LogP contribution in [-0.2, 0) is 4.74 Å². The first-order valence-corrected chi connectivity index (χ1v) is 6.32. The summed E-state index contributed by atoms with van der Waals surface area (Å²) in [6.07, 6.45) is 0. The zero-order chi connectivity index (χ0) is 14.8. The molecular formula is C15H18N2O3. The van der Waals surface area contributed by atoms with Crippen molar-refractivity contribution >= 4 is 5.97 Å². The maximum Gasteiger partial charge on any atom is 0.356 e. The van der Waals surface area contributed by atoms with Crippen LogP contribution in [0.5, 0.6) is 5.75 Å². The molecule has 1 heterocycles. The van der Waals surface area contributed by atoms with Crippen LogP contribution in [0.1, 0.15) is 31.3 Å². The highest BCUT2D eigenvalue weighted by Crippen LogP contribution is 2.23. The van der Waals surface area contributed by atoms with Crippen LogP contribution < -0.4 is 4.74 Å². The third-order valence-electron chi connectivity index (χ3n) is 2.56. The van der Waals surface area contributed by atoms with Crippen molar-refractivity contribution in [1.82, 2.24) is 10.2 Å². The lowest BCUT2D eigenvalue weighted by atomic mass is 10.1. The Labute approximate surface area is 117 Å². The molecule has 5 heteroatoms. The molecule has 0 aliphatic carbocycles. The van der Waals surface area contributed by atoms with Gasteiger partial charge in [-0.15, -0.1) is 0 Å². The number of benzene rings is 1. The predicted octanol–water partition coefficient (Wildman–Crippen LogP) is 3.04. The van der Waals surface area contributed by atoms with Crippen LogP contribution in [0.25, 0.3) is 11.3 Å². The quantitative estimate of drug-likeness (QED) is 0.874. The summed E-state index contributed by atoms with van der Waals surface area (Å²) in [5.74, 6) is 0.362. The maximum atomic E-state index is 11.4. The summed E-state index contributed by atoms with van der Waals surface area (Å²) in [6.45, 7) is 5.99. The predicted molar refractivity (Wildman–Crippen MR) is 75.7 cm³/mol. The van der Waals surface area contributed by atoms with Crippen LogP contribution in [0.15, 0.2) is 30.3 Å². The van der Waals surface area contributed by atoms with Gasteiger partial charge >= 0.3 is 5.97 Å². The van der Waals surface area contributed by atoms with Crippen LogP contribution in [-0.4, -0.2) is 28.9 Å². The van der Waals surface area contributed by atoms with Gasteiger partial charge in [-0.05, 0) is 51.1 Å². The molecule has 0 unspecified atom stereocenters. The van der Waals surface area contributed by atoms with Crippen LogP contribution in [0.3, 0.4) is 0 Å². The Balaban J connectivity index is 2.18. The summed E-state index contributed by atoms with van der Waals surface area (Å²) < 4.78 is 10.4. The Hall–Kier alpha value is -2.30. The summed E-state index contributed by atoms with van der Waals surface area (Å²) in [5.41, 5.74) is 1.69. The Morgan fingerprint density at radius 2 is 1.85 bits per heavy atom. The largest absolute Gasteiger partial charge is 0.488 e. The van der Waals surface area contributed by atoms with Crippen molar-refractivity contribution in [1.29, 1.82) is 0 Å². The fourth-order valence-electron chi connectivity index (χ4n) is 1.73. The van der Waals surface area contributed by atoms with E-state index in [1.54, 1.807) is 6.07 Å². The first-order valence-electron chi connectivity index (χ1n) is 6.32. The van der Waals surface area contributed by atoms with E-state index in [1.165, 1.54) is 7.11 Å². The minimum Gasteiger partial charge on any atom is -0.488 e. The average Bonchev–Trinajstić information content (AvgIpc) is 2.86. The first-order chi connectivity index (χ1) is 9.39. The summed E-state index contributed by atoms with van der Waals surface area (Å²) in [6, 6.07) is 9.22. The Bertz CT molecular complexity index is 594. The SMILES string of the molecule is COC(=O)c1cc(-c2ccc(OC(C)(C)C)cc2)n[nH]1. The normalized spacial score (nSPS) is 11.2. The molecule has 0 saturated carbocycles. The van der Waals surface area contributed by atoms with Gasteiger partial charge < -0.3 is 9.47 Å². The molecule has 0 aliphatic rings. The van der Waals surface area contributed by atoms with Gasteiger partial charge in [0.05, 0.1) is 12.8 Å². The number of rotatable bonds is 3. The number of nitrogens with one attached hydrogen (secondary N) is 1. The molecule has 0 amide bonds. The molecule has 1 aromatic heterocycles. The van der Waals surface area contributed by atoms with Gasteiger partial charge in [0, 0.05) is 5.56 Å². The highest BCUT2D eigenvalue weighted by molar-refractivity contribution is 5.88. The molecule has 0 spiro atoms. The highest BCUT2D eigenvalue weighted by atomic mass is 16.5. The Morgan fingerprint density at radius 3 is 2.40 bits per heavy atom. The van der Waals surface area contributed by atoms with E-state index in [-0.39, 0.29) is 5.60 Å². The lowest BCUT2D eigenvalue weighted by Crippen LogP contribution is -2.22. The second-order valence-electron chi connectivity index (χ2n) is 5.40. The van der Waals surface area contributed by atoms with Gasteiger partial charge in [0.2, 0.25) is 0 Å². The smallest absolute Gasteiger partial charge is 0.356 e. The van der Waals surface area contributed by atoms with E-state index < -0.39 is 5.97 Å². The van der Waals surface area contributed by atoms with Crippen LogP contribution >= 0.6 is 0 Å². The van der Waals surface area contributed by atoms with E-state index >= 15 is 0 Å². The summed E-state index contributed by atoms with van der Waals surface area (Å²) >= 11 is 0. The zero-order valence-corrected chi connectivity index (χ0v) is 12.1. The highest BCUT2D eigenvalue weighted by Gasteiger charge is 2.13. The number of H-pyrrole nitrogens is 1. The van der Waals surface area contributed by atoms with Crippen molar-refractivity contribution in [3.05, 3.63) is 36.0 Å². The number of nitrogens with zero attached hydrogens (tertiary/aromatic N) is 1. The number of methoxy groups -OCH3 is 1. The minimum absolute atomic E-state index is 0.230. The average molecular weight is 274 g/mol. The van der Waals surface area contributed by atoms with Crippen molar-refractivity contribution in [3.8, 4) is 17.0 Å². The number of carbonyl (C=O) groups excluding carboxylic acids is 1. The number of aromatic nitrogens is 2. The van der Waals surface area contributed by atoms with Gasteiger partial charge in [-0.2, -0.15) is 5.10 Å². The number of esters is 1. The molecule has 0 aliphatic heterocycles. The van der Waals surface area contributed by atoms with Gasteiger partial charge in [0.15, 0.2) is 0 Å². The minimum atomic E-state index is -0.434. The Morgan fingerprint density at radius 1 is 1.20 bits per heavy atom. The molecule has 0 atom stereocenters. The first kappa shape index (κ1) is 14.1. The fourth-order valence-corrected chi connectivity index (χ4v) is 1.73. The van der Waals surface area contributed by atoms with Crippen molar-refractivity contribution < 1.29 is 14.3 Å². The van der Waals surface area contributed by atoms with Crippen molar-refractivity contribution in [3.63, 3.8) is 0 Å². The molecular weight excluding hydrogens is 256 g/mol. The van der Waals surface area contributed by atoms with Gasteiger partial charge in [-0.25, -0.2) is 4.79 Å². The van der Waals surface area contributed by atoms with E-state index in [1.807, 2.05) is 45.0 Å². The second-order valence-corrected chi connectivity index (χ2v) is 5.40. The van der Waals surface area contributed by atoms with Crippen molar-refractivity contribution in [2.24, 2.45) is 0 Å². The third-order valence-corrected chi connectivity index (χ3v) is 2.56. The lowest BCUT2D eigenvalue weighted by molar-refractivity contribution is 0.0594. The van der Waals surface area contributed by atoms with E-state index in [0.717, 1.165) is 11.3 Å². The fraction of sp³-hybridized carbons (Fsp3) is 0.333. The molecule has 0 fully saturated rings. The molecule has 1 N–H and O–H groups in total. The van der Waals surface area contributed by atoms with Crippen LogP contribution in [0, 0.1) is 0 Å². The van der Waals surface area contributed by atoms with Crippen molar-refractivity contribution in [2.45, 2.75) is 26.4 Å². The van der Waals surface area contributed by atoms with E-state index in [0.29, 0.717) is 11.4 Å². The van der Waals surface area contributed by atoms with Crippen LogP contribution in [0.2, 0.25) is 0 Å². The molecule has 106 valence electrons. The number of ether oxygens (including phenoxy) is 2. The monoisotopic (exact) mass is 274 g/mol. The van der Waals surface area contributed by atoms with Gasteiger partial charge in [-0.3, -0.25) is 5.10 Å². The zero-order valence-electron chi connectivity index (χ0n) is 12.1. The summed E-state index contributed by atoms with van der Waals surface area (Å²) in [4.78, 5) is 11.4. The van der Waals surface area contributed by atoms with E-state index in [2.05, 4.69) is 14.9 Å². The van der Waals surface area contributed by atoms with E-state index in [9.17, 15) is 4.79 Å². The summed E-state index contributed by atoms with van der Waals surface area (Å²) in [7, 11) is 1.33. The number of hydrogen-bond donors (Lipinski definition) is 1. The molecule has 2 aromatic rings. The van der Waals surface area contributed by atoms with Gasteiger partial charge in [-0.1, -0.05) is 0 Å². The number of aromatic amines is 1. The molecule has 2 rings (SSSR count). The molecule has 1 aromatic carbocycles. The Kier molecular flexibility index (Phi) is 3.79. The number of carbonyl (C=O) groups is 1. The molecule has 0 saturated heterocycles. The standard InChI is InChI=1S/C15H18N2O3/c1-15(2,3)20-11-7-5-10(6-8-11)12-9-13(17-16-12)14(18)19-4/h5-9H,1-4H3,(H,16,17). The molecule has 0 bridgehead atoms. The van der Waals surface area contributed by atoms with Crippen molar-refractivity contribution in [2.75, 3.05) is 7.11 Å². The third kappa shape index (κ3) is 3.38. The second kappa shape index (κ2) is 5.36. The van der Waals surface area contributed by atoms with Gasteiger partial charge in [0.25, 0.3) is 0 Å². The molecule has 5 nitrogen and oxygen atoms in total. The van der Waals surface area contributed by atoms with Crippen LogP contribution in [0.4, 0.5) is 0 Å². The topological polar surface area (TPSA) is 64.2 Å². The lowest BCUT2D eigenvalue weighted by Gasteiger charge is -2.21.